The first-order chi connectivity index (χ1) is 11.5. The highest BCUT2D eigenvalue weighted by Gasteiger charge is 2.16. The highest BCUT2D eigenvalue weighted by Crippen LogP contribution is 2.22. The number of nitrogens with zero attached hydrogens (tertiary/aromatic N) is 2. The van der Waals surface area contributed by atoms with Crippen molar-refractivity contribution in [3.8, 4) is 17.4 Å². The van der Waals surface area contributed by atoms with Crippen molar-refractivity contribution in [1.29, 1.82) is 0 Å². The van der Waals surface area contributed by atoms with Gasteiger partial charge in [0.2, 0.25) is 0 Å². The van der Waals surface area contributed by atoms with Gasteiger partial charge in [0.15, 0.2) is 5.76 Å². The molecule has 0 radical (unpaired) electrons. The lowest BCUT2D eigenvalue weighted by Crippen LogP contribution is -2.29. The van der Waals surface area contributed by atoms with Gasteiger partial charge in [0, 0.05) is 0 Å². The smallest absolute Gasteiger partial charge is 0.437 e. The van der Waals surface area contributed by atoms with Gasteiger partial charge >= 0.3 is 5.76 Å². The van der Waals surface area contributed by atoms with Crippen LogP contribution in [0.5, 0.6) is 5.75 Å². The molecule has 0 aliphatic heterocycles. The molecule has 2 heterocycles. The van der Waals surface area contributed by atoms with Gasteiger partial charge in [-0.05, 0) is 37.1 Å². The second-order valence-electron chi connectivity index (χ2n) is 5.52. The molecular weight excluding hydrogens is 312 g/mol. The van der Waals surface area contributed by atoms with Gasteiger partial charge in [0.05, 0.1) is 12.8 Å². The number of hydrogen-bond donors (Lipinski definition) is 1. The number of furan rings is 1. The van der Waals surface area contributed by atoms with E-state index in [9.17, 15) is 9.90 Å². The lowest BCUT2D eigenvalue weighted by molar-refractivity contribution is 0.0869. The molecule has 1 aromatic carbocycles. The van der Waals surface area contributed by atoms with E-state index in [1.54, 1.807) is 12.1 Å². The summed E-state index contributed by atoms with van der Waals surface area (Å²) in [5.74, 6) is 0.507. The highest BCUT2D eigenvalue weighted by atomic mass is 16.5. The molecule has 126 valence electrons. The third-order valence-electron chi connectivity index (χ3n) is 3.55. The first kappa shape index (κ1) is 16.1. The van der Waals surface area contributed by atoms with E-state index < -0.39 is 11.9 Å². The first-order valence-electron chi connectivity index (χ1n) is 7.53. The lowest BCUT2D eigenvalue weighted by atomic mass is 10.1. The maximum Gasteiger partial charge on any atom is 0.437 e. The van der Waals surface area contributed by atoms with Gasteiger partial charge in [-0.2, -0.15) is 4.68 Å². The van der Waals surface area contributed by atoms with E-state index in [-0.39, 0.29) is 19.0 Å². The van der Waals surface area contributed by atoms with Crippen molar-refractivity contribution >= 4 is 0 Å². The summed E-state index contributed by atoms with van der Waals surface area (Å²) < 4.78 is 16.9. The fraction of sp³-hybridized carbons (Fsp3) is 0.294. The van der Waals surface area contributed by atoms with Gasteiger partial charge in [-0.15, -0.1) is 5.10 Å². The normalized spacial score (nSPS) is 12.3. The van der Waals surface area contributed by atoms with Crippen LogP contribution in [0.15, 0.2) is 50.2 Å². The van der Waals surface area contributed by atoms with Crippen LogP contribution in [0.3, 0.4) is 0 Å². The Balaban J connectivity index is 1.65. The van der Waals surface area contributed by atoms with E-state index in [1.807, 2.05) is 32.0 Å². The number of rotatable bonds is 6. The molecule has 0 amide bonds. The minimum Gasteiger partial charge on any atom is -0.490 e. The van der Waals surface area contributed by atoms with Crippen molar-refractivity contribution < 1.29 is 18.7 Å². The summed E-state index contributed by atoms with van der Waals surface area (Å²) in [6.45, 7) is 3.88. The average Bonchev–Trinajstić information content (AvgIpc) is 3.17. The summed E-state index contributed by atoms with van der Waals surface area (Å²) in [5, 5.41) is 14.1. The van der Waals surface area contributed by atoms with Crippen molar-refractivity contribution in [1.82, 2.24) is 9.78 Å². The van der Waals surface area contributed by atoms with Crippen LogP contribution in [0.2, 0.25) is 0 Å². The third-order valence-corrected chi connectivity index (χ3v) is 3.55. The molecular formula is C17H18N2O5. The fourth-order valence-corrected chi connectivity index (χ4v) is 2.38. The zero-order valence-corrected chi connectivity index (χ0v) is 13.4. The van der Waals surface area contributed by atoms with Crippen molar-refractivity contribution in [2.45, 2.75) is 26.5 Å². The number of para-hydroxylation sites is 1. The monoisotopic (exact) mass is 330 g/mol. The maximum atomic E-state index is 11.8. The average molecular weight is 330 g/mol. The number of aliphatic hydroxyl groups excluding tert-OH is 1. The Hall–Kier alpha value is -2.80. The molecule has 0 spiro atoms. The molecule has 0 bridgehead atoms. The third kappa shape index (κ3) is 3.41. The van der Waals surface area contributed by atoms with Crippen molar-refractivity contribution in [2.24, 2.45) is 0 Å². The second-order valence-corrected chi connectivity index (χ2v) is 5.52. The van der Waals surface area contributed by atoms with Crippen molar-refractivity contribution in [2.75, 3.05) is 6.61 Å². The van der Waals surface area contributed by atoms with E-state index in [2.05, 4.69) is 5.10 Å². The molecule has 0 unspecified atom stereocenters. The largest absolute Gasteiger partial charge is 0.490 e. The van der Waals surface area contributed by atoms with Gasteiger partial charge in [0.25, 0.3) is 5.89 Å². The van der Waals surface area contributed by atoms with Crippen LogP contribution in [0.25, 0.3) is 11.7 Å². The molecule has 24 heavy (non-hydrogen) atoms. The number of hydrogen-bond acceptors (Lipinski definition) is 6. The van der Waals surface area contributed by atoms with Crippen LogP contribution in [0, 0.1) is 13.8 Å². The Kier molecular flexibility index (Phi) is 4.52. The second kappa shape index (κ2) is 6.76. The van der Waals surface area contributed by atoms with E-state index in [1.165, 1.54) is 6.26 Å². The van der Waals surface area contributed by atoms with Gasteiger partial charge < -0.3 is 18.7 Å². The summed E-state index contributed by atoms with van der Waals surface area (Å²) in [5.41, 5.74) is 1.97. The summed E-state index contributed by atoms with van der Waals surface area (Å²) in [6.07, 6.45) is 0.554. The number of aliphatic hydroxyl groups is 1. The van der Waals surface area contributed by atoms with Crippen LogP contribution < -0.4 is 10.5 Å². The Morgan fingerprint density at radius 3 is 2.67 bits per heavy atom. The van der Waals surface area contributed by atoms with Gasteiger partial charge in [0.1, 0.15) is 18.5 Å². The van der Waals surface area contributed by atoms with Crippen LogP contribution in [0.1, 0.15) is 11.1 Å². The topological polar surface area (TPSA) is 90.6 Å². The summed E-state index contributed by atoms with van der Waals surface area (Å²) in [6, 6.07) is 9.12. The van der Waals surface area contributed by atoms with Crippen LogP contribution in [-0.2, 0) is 6.54 Å². The number of benzene rings is 1. The summed E-state index contributed by atoms with van der Waals surface area (Å²) >= 11 is 0. The quantitative estimate of drug-likeness (QED) is 0.745. The fourth-order valence-electron chi connectivity index (χ4n) is 2.38. The molecule has 0 saturated heterocycles. The molecule has 1 atom stereocenters. The lowest BCUT2D eigenvalue weighted by Gasteiger charge is -2.15. The molecule has 0 aliphatic rings. The summed E-state index contributed by atoms with van der Waals surface area (Å²) in [4.78, 5) is 11.8. The molecule has 0 fully saturated rings. The zero-order valence-electron chi connectivity index (χ0n) is 13.4. The Labute approximate surface area is 138 Å². The standard InChI is InChI=1S/C17H18N2O5/c1-11-5-3-6-12(2)15(11)23-10-13(20)9-19-17(21)24-16(18-19)14-7-4-8-22-14/h3-8,13,20H,9-10H2,1-2H3/t13-/m0/s1. The number of ether oxygens (including phenoxy) is 1. The highest BCUT2D eigenvalue weighted by molar-refractivity contribution is 5.42. The van der Waals surface area contributed by atoms with Crippen LogP contribution in [-0.4, -0.2) is 27.6 Å². The Morgan fingerprint density at radius 1 is 1.25 bits per heavy atom. The van der Waals surface area contributed by atoms with Crippen LogP contribution >= 0.6 is 0 Å². The molecule has 3 rings (SSSR count). The maximum absolute atomic E-state index is 11.8. The first-order valence-corrected chi connectivity index (χ1v) is 7.53. The van der Waals surface area contributed by atoms with Crippen molar-refractivity contribution in [3.05, 3.63) is 58.3 Å². The molecule has 0 saturated carbocycles. The zero-order chi connectivity index (χ0) is 17.1. The van der Waals surface area contributed by atoms with Crippen LogP contribution in [0.4, 0.5) is 0 Å². The van der Waals surface area contributed by atoms with E-state index in [4.69, 9.17) is 13.6 Å². The summed E-state index contributed by atoms with van der Waals surface area (Å²) in [7, 11) is 0. The molecule has 1 N–H and O–H groups in total. The minimum absolute atomic E-state index is 0.0338. The van der Waals surface area contributed by atoms with E-state index in [0.717, 1.165) is 21.6 Å². The predicted molar refractivity (Wildman–Crippen MR) is 85.9 cm³/mol. The molecule has 2 aromatic heterocycles. The Morgan fingerprint density at radius 2 is 2.00 bits per heavy atom. The SMILES string of the molecule is Cc1cccc(C)c1OC[C@@H](O)Cn1nc(-c2ccco2)oc1=O. The molecule has 7 nitrogen and oxygen atoms in total. The number of aryl methyl sites for hydroxylation is 2. The molecule has 0 aliphatic carbocycles. The predicted octanol–water partition coefficient (Wildman–Crippen LogP) is 2.15. The van der Waals surface area contributed by atoms with Crippen molar-refractivity contribution in [3.63, 3.8) is 0 Å². The van der Waals surface area contributed by atoms with Gasteiger partial charge in [-0.25, -0.2) is 4.79 Å². The van der Waals surface area contributed by atoms with E-state index in [0.29, 0.717) is 5.76 Å². The van der Waals surface area contributed by atoms with Gasteiger partial charge in [-0.1, -0.05) is 18.2 Å². The van der Waals surface area contributed by atoms with E-state index >= 15 is 0 Å². The Bertz CT molecular complexity index is 843. The minimum atomic E-state index is -0.906. The van der Waals surface area contributed by atoms with Gasteiger partial charge in [-0.3, -0.25) is 0 Å². The molecule has 7 heteroatoms. The number of aromatic nitrogens is 2. The molecule has 3 aromatic rings.